The molecule has 1 N–H and O–H groups in total. The first-order chi connectivity index (χ1) is 6.37. The van der Waals surface area contributed by atoms with Crippen LogP contribution in [0.2, 0.25) is 0 Å². The zero-order valence-corrected chi connectivity index (χ0v) is 8.62. The lowest BCUT2D eigenvalue weighted by Crippen LogP contribution is -2.36. The van der Waals surface area contributed by atoms with E-state index >= 15 is 0 Å². The van der Waals surface area contributed by atoms with Crippen molar-refractivity contribution in [2.45, 2.75) is 45.3 Å². The van der Waals surface area contributed by atoms with Crippen molar-refractivity contribution in [2.75, 3.05) is 0 Å². The van der Waals surface area contributed by atoms with Gasteiger partial charge in [0.2, 0.25) is 0 Å². The highest BCUT2D eigenvalue weighted by atomic mass is 16.6. The van der Waals surface area contributed by atoms with Crippen LogP contribution in [0.4, 0.5) is 9.59 Å². The SMILES string of the molecule is CC(C)(C)OC(=O)NC(=O)OC1CC1. The summed E-state index contributed by atoms with van der Waals surface area (Å²) in [6, 6.07) is 0. The predicted molar refractivity (Wildman–Crippen MR) is 48.9 cm³/mol. The van der Waals surface area contributed by atoms with E-state index < -0.39 is 17.8 Å². The number of hydrogen-bond acceptors (Lipinski definition) is 4. The van der Waals surface area contributed by atoms with E-state index in [4.69, 9.17) is 9.47 Å². The number of nitrogens with one attached hydrogen (secondary N) is 1. The molecule has 5 nitrogen and oxygen atoms in total. The summed E-state index contributed by atoms with van der Waals surface area (Å²) in [5.74, 6) is 0. The zero-order chi connectivity index (χ0) is 10.8. The molecular formula is C9H15NO4. The Morgan fingerprint density at radius 1 is 1.21 bits per heavy atom. The third-order valence-electron chi connectivity index (χ3n) is 1.40. The summed E-state index contributed by atoms with van der Waals surface area (Å²) >= 11 is 0. The number of ether oxygens (including phenoxy) is 2. The Bertz CT molecular complexity index is 240. The maximum atomic E-state index is 11.0. The maximum absolute atomic E-state index is 11.0. The Labute approximate surface area is 82.8 Å². The van der Waals surface area contributed by atoms with Crippen LogP contribution in [0.3, 0.4) is 0 Å². The number of hydrogen-bond donors (Lipinski definition) is 1. The van der Waals surface area contributed by atoms with Crippen molar-refractivity contribution in [1.82, 2.24) is 5.32 Å². The van der Waals surface area contributed by atoms with E-state index in [1.807, 2.05) is 5.32 Å². The molecule has 1 saturated carbocycles. The van der Waals surface area contributed by atoms with Gasteiger partial charge in [0.1, 0.15) is 11.7 Å². The minimum absolute atomic E-state index is 0.0163. The molecule has 0 heterocycles. The number of imide groups is 1. The van der Waals surface area contributed by atoms with E-state index in [1.54, 1.807) is 20.8 Å². The van der Waals surface area contributed by atoms with Gasteiger partial charge in [-0.05, 0) is 33.6 Å². The van der Waals surface area contributed by atoms with Crippen molar-refractivity contribution in [3.63, 3.8) is 0 Å². The largest absolute Gasteiger partial charge is 0.446 e. The molecule has 0 aromatic carbocycles. The van der Waals surface area contributed by atoms with Gasteiger partial charge in [0.05, 0.1) is 0 Å². The number of rotatable bonds is 1. The van der Waals surface area contributed by atoms with Crippen LogP contribution in [-0.4, -0.2) is 23.9 Å². The standard InChI is InChI=1S/C9H15NO4/c1-9(2,3)14-8(12)10-7(11)13-6-4-5-6/h6H,4-5H2,1-3H3,(H,10,11,12). The van der Waals surface area contributed by atoms with E-state index in [0.717, 1.165) is 12.8 Å². The van der Waals surface area contributed by atoms with Gasteiger partial charge in [-0.1, -0.05) is 0 Å². The van der Waals surface area contributed by atoms with E-state index in [0.29, 0.717) is 0 Å². The zero-order valence-electron chi connectivity index (χ0n) is 8.62. The Balaban J connectivity index is 2.21. The fourth-order valence-electron chi connectivity index (χ4n) is 0.754. The monoisotopic (exact) mass is 201 g/mol. The minimum Gasteiger partial charge on any atom is -0.446 e. The maximum Gasteiger partial charge on any atom is 0.417 e. The van der Waals surface area contributed by atoms with Crippen molar-refractivity contribution in [2.24, 2.45) is 0 Å². The van der Waals surface area contributed by atoms with Gasteiger partial charge in [-0.25, -0.2) is 14.9 Å². The van der Waals surface area contributed by atoms with Gasteiger partial charge >= 0.3 is 12.2 Å². The van der Waals surface area contributed by atoms with E-state index in [9.17, 15) is 9.59 Å². The van der Waals surface area contributed by atoms with E-state index in [-0.39, 0.29) is 6.10 Å². The summed E-state index contributed by atoms with van der Waals surface area (Å²) < 4.78 is 9.66. The van der Waals surface area contributed by atoms with Crippen LogP contribution in [-0.2, 0) is 9.47 Å². The second kappa shape index (κ2) is 3.86. The molecule has 80 valence electrons. The third-order valence-corrected chi connectivity index (χ3v) is 1.40. The average molecular weight is 201 g/mol. The highest BCUT2D eigenvalue weighted by Gasteiger charge is 2.27. The number of alkyl carbamates (subject to hydrolysis) is 2. The smallest absolute Gasteiger partial charge is 0.417 e. The lowest BCUT2D eigenvalue weighted by molar-refractivity contribution is 0.0507. The van der Waals surface area contributed by atoms with Crippen LogP contribution in [0.5, 0.6) is 0 Å². The van der Waals surface area contributed by atoms with Crippen LogP contribution < -0.4 is 5.32 Å². The summed E-state index contributed by atoms with van der Waals surface area (Å²) in [6.45, 7) is 5.16. The van der Waals surface area contributed by atoms with Crippen molar-refractivity contribution < 1.29 is 19.1 Å². The summed E-state index contributed by atoms with van der Waals surface area (Å²) in [5, 5.41) is 1.99. The molecule has 0 aliphatic heterocycles. The third kappa shape index (κ3) is 4.69. The van der Waals surface area contributed by atoms with E-state index in [1.165, 1.54) is 0 Å². The first-order valence-corrected chi connectivity index (χ1v) is 4.57. The molecule has 0 unspecified atom stereocenters. The van der Waals surface area contributed by atoms with Crippen LogP contribution in [0, 0.1) is 0 Å². The summed E-state index contributed by atoms with van der Waals surface area (Å²) in [6.07, 6.45) is 0.228. The quantitative estimate of drug-likeness (QED) is 0.702. The molecule has 14 heavy (non-hydrogen) atoms. The lowest BCUT2D eigenvalue weighted by atomic mass is 10.2. The van der Waals surface area contributed by atoms with Crippen LogP contribution in [0.15, 0.2) is 0 Å². The van der Waals surface area contributed by atoms with Gasteiger partial charge in [-0.3, -0.25) is 0 Å². The Morgan fingerprint density at radius 2 is 1.79 bits per heavy atom. The second-order valence-electron chi connectivity index (χ2n) is 4.23. The average Bonchev–Trinajstić information content (AvgIpc) is 2.64. The molecule has 2 amide bonds. The number of amides is 2. The first kappa shape index (κ1) is 10.8. The summed E-state index contributed by atoms with van der Waals surface area (Å²) in [5.41, 5.74) is -0.607. The fourth-order valence-corrected chi connectivity index (χ4v) is 0.754. The van der Waals surface area contributed by atoms with Gasteiger partial charge in [0.25, 0.3) is 0 Å². The molecule has 0 radical (unpaired) electrons. The highest BCUT2D eigenvalue weighted by Crippen LogP contribution is 2.23. The van der Waals surface area contributed by atoms with Gasteiger partial charge < -0.3 is 9.47 Å². The normalized spacial score (nSPS) is 15.9. The Morgan fingerprint density at radius 3 is 2.21 bits per heavy atom. The molecule has 5 heteroatoms. The van der Waals surface area contributed by atoms with Gasteiger partial charge in [-0.2, -0.15) is 0 Å². The predicted octanol–water partition coefficient (Wildman–Crippen LogP) is 1.81. The first-order valence-electron chi connectivity index (χ1n) is 4.57. The Hall–Kier alpha value is -1.26. The Kier molecular flexibility index (Phi) is 2.98. The minimum atomic E-state index is -0.775. The molecule has 1 fully saturated rings. The van der Waals surface area contributed by atoms with Crippen molar-refractivity contribution >= 4 is 12.2 Å². The van der Waals surface area contributed by atoms with Gasteiger partial charge in [0, 0.05) is 0 Å². The molecule has 0 aromatic heterocycles. The molecule has 0 aromatic rings. The molecule has 1 rings (SSSR count). The van der Waals surface area contributed by atoms with Crippen LogP contribution in [0.1, 0.15) is 33.6 Å². The number of carbonyl (C=O) groups is 2. The fraction of sp³-hybridized carbons (Fsp3) is 0.778. The number of carbonyl (C=O) groups excluding carboxylic acids is 2. The molecule has 1 aliphatic carbocycles. The molecule has 0 saturated heterocycles. The van der Waals surface area contributed by atoms with Crippen molar-refractivity contribution in [3.8, 4) is 0 Å². The summed E-state index contributed by atoms with van der Waals surface area (Å²) in [7, 11) is 0. The highest BCUT2D eigenvalue weighted by molar-refractivity contribution is 5.87. The van der Waals surface area contributed by atoms with Crippen molar-refractivity contribution in [3.05, 3.63) is 0 Å². The lowest BCUT2D eigenvalue weighted by Gasteiger charge is -2.19. The van der Waals surface area contributed by atoms with E-state index in [2.05, 4.69) is 0 Å². The van der Waals surface area contributed by atoms with Crippen LogP contribution in [0.25, 0.3) is 0 Å². The van der Waals surface area contributed by atoms with Crippen LogP contribution >= 0.6 is 0 Å². The summed E-state index contributed by atoms with van der Waals surface area (Å²) in [4.78, 5) is 22.0. The molecule has 0 bridgehead atoms. The molecule has 0 spiro atoms. The van der Waals surface area contributed by atoms with Gasteiger partial charge in [-0.15, -0.1) is 0 Å². The molecule has 1 aliphatic rings. The molecular weight excluding hydrogens is 186 g/mol. The van der Waals surface area contributed by atoms with Gasteiger partial charge in [0.15, 0.2) is 0 Å². The topological polar surface area (TPSA) is 64.6 Å². The molecule has 0 atom stereocenters. The van der Waals surface area contributed by atoms with Crippen molar-refractivity contribution in [1.29, 1.82) is 0 Å². The second-order valence-corrected chi connectivity index (χ2v) is 4.23.